The maximum Gasteiger partial charge on any atom is 0.306 e. The van der Waals surface area contributed by atoms with Crippen LogP contribution in [0.25, 0.3) is 10.4 Å². The van der Waals surface area contributed by atoms with Crippen molar-refractivity contribution in [2.24, 2.45) is 5.92 Å². The Kier molecular flexibility index (Phi) is 6.07. The number of aliphatic carboxylic acids is 1. The van der Waals surface area contributed by atoms with Crippen molar-refractivity contribution in [1.29, 1.82) is 0 Å². The van der Waals surface area contributed by atoms with Crippen molar-refractivity contribution >= 4 is 28.9 Å². The molecule has 10 heteroatoms. The first-order chi connectivity index (χ1) is 15.3. The average molecular weight is 459 g/mol. The summed E-state index contributed by atoms with van der Waals surface area (Å²) in [6.45, 7) is 1.95. The van der Waals surface area contributed by atoms with Gasteiger partial charge in [0.1, 0.15) is 10.6 Å². The summed E-state index contributed by atoms with van der Waals surface area (Å²) in [5.41, 5.74) is 1.49. The van der Waals surface area contributed by atoms with E-state index in [9.17, 15) is 19.4 Å². The van der Waals surface area contributed by atoms with Crippen LogP contribution in [-0.2, 0) is 10.4 Å². The van der Waals surface area contributed by atoms with Gasteiger partial charge in [0.2, 0.25) is 11.8 Å². The predicted molar refractivity (Wildman–Crippen MR) is 118 cm³/mol. The number of aliphatic hydroxyl groups is 1. The Morgan fingerprint density at radius 1 is 1.25 bits per heavy atom. The van der Waals surface area contributed by atoms with Crippen molar-refractivity contribution < 1.29 is 24.1 Å². The van der Waals surface area contributed by atoms with Gasteiger partial charge in [-0.3, -0.25) is 4.79 Å². The number of carboxylic acids is 1. The highest BCUT2D eigenvalue weighted by Gasteiger charge is 2.39. The maximum absolute atomic E-state index is 13.6. The number of nitrogens with one attached hydrogen (secondary N) is 1. The third-order valence-corrected chi connectivity index (χ3v) is 6.83. The Labute approximate surface area is 188 Å². The molecular weight excluding hydrogens is 435 g/mol. The van der Waals surface area contributed by atoms with Crippen LogP contribution in [0.1, 0.15) is 36.3 Å². The number of carboxylic acid groups (broad SMARTS) is 1. The molecule has 0 atom stereocenters. The van der Waals surface area contributed by atoms with Gasteiger partial charge >= 0.3 is 5.97 Å². The van der Waals surface area contributed by atoms with Gasteiger partial charge in [-0.1, -0.05) is 6.07 Å². The lowest BCUT2D eigenvalue weighted by Gasteiger charge is -2.32. The number of methoxy groups -OCH3 is 1. The largest absolute Gasteiger partial charge is 0.481 e. The van der Waals surface area contributed by atoms with E-state index in [1.165, 1.54) is 18.4 Å². The number of benzene rings is 1. The summed E-state index contributed by atoms with van der Waals surface area (Å²) in [4.78, 5) is 24.5. The molecular formula is C22H23FN4O4S. The highest BCUT2D eigenvalue weighted by molar-refractivity contribution is 7.15. The van der Waals surface area contributed by atoms with Crippen molar-refractivity contribution in [2.75, 3.05) is 12.4 Å². The van der Waals surface area contributed by atoms with Crippen LogP contribution in [0.15, 0.2) is 30.6 Å². The summed E-state index contributed by atoms with van der Waals surface area (Å²) >= 11 is 1.40. The van der Waals surface area contributed by atoms with Crippen LogP contribution in [0.4, 0.5) is 16.0 Å². The zero-order valence-corrected chi connectivity index (χ0v) is 18.4. The molecule has 0 saturated heterocycles. The summed E-state index contributed by atoms with van der Waals surface area (Å²) in [5, 5.41) is 23.9. The van der Waals surface area contributed by atoms with E-state index in [-0.39, 0.29) is 11.8 Å². The lowest BCUT2D eigenvalue weighted by Crippen LogP contribution is -2.33. The normalized spacial score (nSPS) is 20.7. The first-order valence-electron chi connectivity index (χ1n) is 10.1. The smallest absolute Gasteiger partial charge is 0.306 e. The van der Waals surface area contributed by atoms with Crippen LogP contribution in [-0.4, -0.2) is 38.2 Å². The van der Waals surface area contributed by atoms with Crippen molar-refractivity contribution in [2.45, 2.75) is 38.2 Å². The Morgan fingerprint density at radius 3 is 2.69 bits per heavy atom. The molecule has 0 unspecified atom stereocenters. The molecule has 8 nitrogen and oxygen atoms in total. The fourth-order valence-corrected chi connectivity index (χ4v) is 4.91. The number of aryl methyl sites for hydroxylation is 1. The Bertz CT molecular complexity index is 1140. The lowest BCUT2D eigenvalue weighted by molar-refractivity contribution is -0.145. The average Bonchev–Trinajstić information content (AvgIpc) is 3.26. The topological polar surface area (TPSA) is 117 Å². The highest BCUT2D eigenvalue weighted by Crippen LogP contribution is 2.43. The highest BCUT2D eigenvalue weighted by atomic mass is 32.1. The van der Waals surface area contributed by atoms with E-state index in [1.54, 1.807) is 6.20 Å². The molecule has 2 heterocycles. The minimum atomic E-state index is -1.10. The van der Waals surface area contributed by atoms with E-state index < -0.39 is 23.3 Å². The van der Waals surface area contributed by atoms with Crippen LogP contribution in [0.2, 0.25) is 0 Å². The number of ether oxygens (including phenoxy) is 1. The SMILES string of the molecule is COc1nc(Nc2cc(C)cc(-c3cnc([C@]4(O)CC[C@@H](C(=O)O)CC4)s3)c2)ncc1F. The second-order valence-electron chi connectivity index (χ2n) is 7.94. The number of nitrogens with zero attached hydrogens (tertiary/aromatic N) is 3. The molecule has 0 spiro atoms. The molecule has 1 aromatic carbocycles. The lowest BCUT2D eigenvalue weighted by atomic mass is 9.79. The van der Waals surface area contributed by atoms with Crippen molar-refractivity contribution in [1.82, 2.24) is 15.0 Å². The van der Waals surface area contributed by atoms with E-state index in [0.717, 1.165) is 22.2 Å². The molecule has 0 radical (unpaired) electrons. The Balaban J connectivity index is 1.56. The molecule has 32 heavy (non-hydrogen) atoms. The van der Waals surface area contributed by atoms with E-state index in [4.69, 9.17) is 4.74 Å². The zero-order chi connectivity index (χ0) is 22.9. The van der Waals surface area contributed by atoms with E-state index >= 15 is 0 Å². The molecule has 1 aliphatic rings. The summed E-state index contributed by atoms with van der Waals surface area (Å²) in [5.74, 6) is -1.81. The van der Waals surface area contributed by atoms with Gasteiger partial charge in [-0.05, 0) is 55.9 Å². The fraction of sp³-hybridized carbons (Fsp3) is 0.364. The quantitative estimate of drug-likeness (QED) is 0.502. The van der Waals surface area contributed by atoms with Gasteiger partial charge in [0, 0.05) is 11.9 Å². The van der Waals surface area contributed by atoms with Gasteiger partial charge in [0.05, 0.1) is 24.1 Å². The number of rotatable bonds is 6. The minimum Gasteiger partial charge on any atom is -0.481 e. The van der Waals surface area contributed by atoms with Crippen LogP contribution < -0.4 is 10.1 Å². The number of anilines is 2. The van der Waals surface area contributed by atoms with Gasteiger partial charge in [-0.2, -0.15) is 9.37 Å². The maximum atomic E-state index is 13.6. The fourth-order valence-electron chi connectivity index (χ4n) is 3.86. The van der Waals surface area contributed by atoms with Crippen LogP contribution in [0, 0.1) is 18.7 Å². The number of halogens is 1. The molecule has 1 fully saturated rings. The van der Waals surface area contributed by atoms with Crippen molar-refractivity contribution in [3.63, 3.8) is 0 Å². The van der Waals surface area contributed by atoms with Crippen LogP contribution in [0.5, 0.6) is 5.88 Å². The van der Waals surface area contributed by atoms with Crippen molar-refractivity contribution in [3.05, 3.63) is 47.0 Å². The summed E-state index contributed by atoms with van der Waals surface area (Å²) in [6, 6.07) is 5.81. The third kappa shape index (κ3) is 4.56. The molecule has 0 amide bonds. The monoisotopic (exact) mass is 458 g/mol. The second kappa shape index (κ2) is 8.79. The molecule has 3 aromatic rings. The summed E-state index contributed by atoms with van der Waals surface area (Å²) < 4.78 is 18.5. The Morgan fingerprint density at radius 2 is 2.00 bits per heavy atom. The number of aromatic nitrogens is 3. The van der Waals surface area contributed by atoms with Gasteiger partial charge in [0.15, 0.2) is 0 Å². The van der Waals surface area contributed by atoms with Crippen molar-refractivity contribution in [3.8, 4) is 16.3 Å². The van der Waals surface area contributed by atoms with Gasteiger partial charge < -0.3 is 20.3 Å². The molecule has 0 aliphatic heterocycles. The second-order valence-corrected chi connectivity index (χ2v) is 8.97. The molecule has 1 saturated carbocycles. The molecule has 4 rings (SSSR count). The Hall–Kier alpha value is -3.11. The standard InChI is InChI=1S/C22H23FN4O4S/c1-12-7-14(9-15(8-12)26-21-25-10-16(23)18(27-21)31-2)17-11-24-20(32-17)22(30)5-3-13(4-6-22)19(28)29/h7-11,13,30H,3-6H2,1-2H3,(H,28,29)(H,25,26,27)/t13-,22+. The van der Waals surface area contributed by atoms with Gasteiger partial charge in [0.25, 0.3) is 5.88 Å². The van der Waals surface area contributed by atoms with E-state index in [2.05, 4.69) is 20.3 Å². The molecule has 2 aromatic heterocycles. The number of hydrogen-bond donors (Lipinski definition) is 3. The summed E-state index contributed by atoms with van der Waals surface area (Å²) in [6.07, 6.45) is 4.38. The first kappa shape index (κ1) is 22.1. The van der Waals surface area contributed by atoms with E-state index in [1.807, 2.05) is 25.1 Å². The molecule has 168 valence electrons. The van der Waals surface area contributed by atoms with Gasteiger partial charge in [-0.25, -0.2) is 9.97 Å². The molecule has 0 bridgehead atoms. The van der Waals surface area contributed by atoms with Gasteiger partial charge in [-0.15, -0.1) is 11.3 Å². The van der Waals surface area contributed by atoms with Crippen LogP contribution in [0.3, 0.4) is 0 Å². The number of carbonyl (C=O) groups is 1. The van der Waals surface area contributed by atoms with Crippen LogP contribution >= 0.6 is 11.3 Å². The zero-order valence-electron chi connectivity index (χ0n) is 17.6. The molecule has 3 N–H and O–H groups in total. The molecule has 1 aliphatic carbocycles. The predicted octanol–water partition coefficient (Wildman–Crippen LogP) is 4.26. The minimum absolute atomic E-state index is 0.145. The number of hydrogen-bond acceptors (Lipinski definition) is 8. The van der Waals surface area contributed by atoms with E-state index in [0.29, 0.717) is 36.4 Å². The third-order valence-electron chi connectivity index (χ3n) is 5.59. The first-order valence-corrected chi connectivity index (χ1v) is 11.0. The number of thiazole rings is 1. The summed E-state index contributed by atoms with van der Waals surface area (Å²) in [7, 11) is 1.34.